The number of ether oxygens (including phenoxy) is 2. The lowest BCUT2D eigenvalue weighted by atomic mass is 9.65. The Hall–Kier alpha value is -2.82. The van der Waals surface area contributed by atoms with Gasteiger partial charge in [0.05, 0.1) is 26.2 Å². The molecule has 1 unspecified atom stereocenters. The standard InChI is InChI=1S/C24H27NO3/c1-27-22-15-9-14-21(23(22)28-2)24(16-20(25)17-26,18-10-5-3-6-11-18)19-12-7-4-8-13-19/h3-15,20,26H,16-17,25H2,1-2H3. The fourth-order valence-electron chi connectivity index (χ4n) is 3.95. The van der Waals surface area contributed by atoms with Crippen molar-refractivity contribution in [2.75, 3.05) is 20.8 Å². The maximum atomic E-state index is 9.79. The van der Waals surface area contributed by atoms with E-state index >= 15 is 0 Å². The topological polar surface area (TPSA) is 64.7 Å². The van der Waals surface area contributed by atoms with Crippen molar-refractivity contribution in [3.8, 4) is 11.5 Å². The number of hydrogen-bond acceptors (Lipinski definition) is 4. The lowest BCUT2D eigenvalue weighted by molar-refractivity contribution is 0.247. The van der Waals surface area contributed by atoms with E-state index in [0.29, 0.717) is 17.9 Å². The highest BCUT2D eigenvalue weighted by Crippen LogP contribution is 2.48. The molecule has 3 aromatic rings. The van der Waals surface area contributed by atoms with Crippen LogP contribution >= 0.6 is 0 Å². The van der Waals surface area contributed by atoms with Gasteiger partial charge in [-0.15, -0.1) is 0 Å². The van der Waals surface area contributed by atoms with Crippen molar-refractivity contribution >= 4 is 0 Å². The zero-order valence-corrected chi connectivity index (χ0v) is 16.3. The molecule has 4 nitrogen and oxygen atoms in total. The van der Waals surface area contributed by atoms with E-state index in [2.05, 4.69) is 24.3 Å². The Labute approximate surface area is 166 Å². The predicted octanol–water partition coefficient (Wildman–Crippen LogP) is 3.75. The Morgan fingerprint density at radius 1 is 0.821 bits per heavy atom. The van der Waals surface area contributed by atoms with Crippen LogP contribution in [0.4, 0.5) is 0 Å². The lowest BCUT2D eigenvalue weighted by Crippen LogP contribution is -2.39. The normalized spacial score (nSPS) is 12.4. The van der Waals surface area contributed by atoms with Gasteiger partial charge < -0.3 is 20.3 Å². The van der Waals surface area contributed by atoms with Crippen LogP contribution in [0.1, 0.15) is 23.1 Å². The van der Waals surface area contributed by atoms with E-state index in [0.717, 1.165) is 16.7 Å². The molecule has 0 spiro atoms. The molecule has 3 rings (SSSR count). The van der Waals surface area contributed by atoms with Gasteiger partial charge in [-0.05, 0) is 23.6 Å². The third-order valence-electron chi connectivity index (χ3n) is 5.20. The monoisotopic (exact) mass is 377 g/mol. The van der Waals surface area contributed by atoms with Crippen molar-refractivity contribution in [2.45, 2.75) is 17.9 Å². The summed E-state index contributed by atoms with van der Waals surface area (Å²) in [7, 11) is 3.28. The molecule has 0 radical (unpaired) electrons. The zero-order chi connectivity index (χ0) is 20.0. The van der Waals surface area contributed by atoms with E-state index in [1.165, 1.54) is 0 Å². The summed E-state index contributed by atoms with van der Waals surface area (Å²) < 4.78 is 11.4. The molecule has 0 aliphatic heterocycles. The first-order valence-electron chi connectivity index (χ1n) is 9.36. The van der Waals surface area contributed by atoms with E-state index in [4.69, 9.17) is 15.2 Å². The molecule has 3 aromatic carbocycles. The van der Waals surface area contributed by atoms with Gasteiger partial charge in [-0.25, -0.2) is 0 Å². The Bertz CT molecular complexity index is 841. The summed E-state index contributed by atoms with van der Waals surface area (Å²) in [5.74, 6) is 1.33. The van der Waals surface area contributed by atoms with Crippen LogP contribution in [0.15, 0.2) is 78.9 Å². The van der Waals surface area contributed by atoms with Gasteiger partial charge in [0.2, 0.25) is 0 Å². The SMILES string of the molecule is COc1cccc(C(CC(N)CO)(c2ccccc2)c2ccccc2)c1OC. The Morgan fingerprint density at radius 3 is 1.86 bits per heavy atom. The highest BCUT2D eigenvalue weighted by molar-refractivity contribution is 5.59. The molecule has 0 aromatic heterocycles. The Morgan fingerprint density at radius 2 is 1.39 bits per heavy atom. The number of rotatable bonds is 8. The minimum absolute atomic E-state index is 0.103. The van der Waals surface area contributed by atoms with Gasteiger partial charge in [0.25, 0.3) is 0 Å². The van der Waals surface area contributed by atoms with Gasteiger partial charge in [-0.2, -0.15) is 0 Å². The minimum atomic E-state index is -0.607. The first kappa shape index (κ1) is 19.9. The minimum Gasteiger partial charge on any atom is -0.493 e. The number of hydrogen-bond donors (Lipinski definition) is 2. The van der Waals surface area contributed by atoms with Crippen LogP contribution in [-0.2, 0) is 5.41 Å². The Kier molecular flexibility index (Phi) is 6.34. The third kappa shape index (κ3) is 3.61. The second-order valence-corrected chi connectivity index (χ2v) is 6.83. The molecule has 3 N–H and O–H groups in total. The zero-order valence-electron chi connectivity index (χ0n) is 16.3. The summed E-state index contributed by atoms with van der Waals surface area (Å²) in [4.78, 5) is 0. The summed E-state index contributed by atoms with van der Waals surface area (Å²) in [5, 5.41) is 9.79. The number of para-hydroxylation sites is 1. The van der Waals surface area contributed by atoms with Crippen LogP contribution in [-0.4, -0.2) is 32.0 Å². The van der Waals surface area contributed by atoms with Gasteiger partial charge in [-0.1, -0.05) is 72.8 Å². The second-order valence-electron chi connectivity index (χ2n) is 6.83. The second kappa shape index (κ2) is 8.91. The van der Waals surface area contributed by atoms with Gasteiger partial charge >= 0.3 is 0 Å². The number of aliphatic hydroxyl groups excluding tert-OH is 1. The molecule has 0 saturated heterocycles. The largest absolute Gasteiger partial charge is 0.493 e. The first-order chi connectivity index (χ1) is 13.7. The van der Waals surface area contributed by atoms with Crippen molar-refractivity contribution in [2.24, 2.45) is 5.73 Å². The first-order valence-corrected chi connectivity index (χ1v) is 9.36. The molecule has 0 heterocycles. The molecule has 0 fully saturated rings. The molecular formula is C24H27NO3. The number of methoxy groups -OCH3 is 2. The van der Waals surface area contributed by atoms with Crippen molar-refractivity contribution in [1.82, 2.24) is 0 Å². The molecule has 146 valence electrons. The van der Waals surface area contributed by atoms with Gasteiger partial charge in [0.1, 0.15) is 0 Å². The highest BCUT2D eigenvalue weighted by atomic mass is 16.5. The summed E-state index contributed by atoms with van der Waals surface area (Å²) in [6, 6.07) is 25.9. The summed E-state index contributed by atoms with van der Waals surface area (Å²) in [6.45, 7) is -0.103. The summed E-state index contributed by atoms with van der Waals surface area (Å²) in [5.41, 5.74) is 8.82. The van der Waals surface area contributed by atoms with Crippen LogP contribution in [0, 0.1) is 0 Å². The van der Waals surface area contributed by atoms with E-state index in [1.807, 2.05) is 54.6 Å². The summed E-state index contributed by atoms with van der Waals surface area (Å²) >= 11 is 0. The Balaban J connectivity index is 2.40. The van der Waals surface area contributed by atoms with Crippen molar-refractivity contribution in [3.05, 3.63) is 95.6 Å². The fourth-order valence-corrected chi connectivity index (χ4v) is 3.95. The highest BCUT2D eigenvalue weighted by Gasteiger charge is 2.40. The number of aliphatic hydroxyl groups is 1. The third-order valence-corrected chi connectivity index (χ3v) is 5.20. The summed E-state index contributed by atoms with van der Waals surface area (Å²) in [6.07, 6.45) is 0.515. The maximum Gasteiger partial charge on any atom is 0.165 e. The van der Waals surface area contributed by atoms with Crippen LogP contribution in [0.3, 0.4) is 0 Å². The molecule has 0 saturated carbocycles. The molecule has 28 heavy (non-hydrogen) atoms. The van der Waals surface area contributed by atoms with Gasteiger partial charge in [-0.3, -0.25) is 0 Å². The molecule has 1 atom stereocenters. The number of benzene rings is 3. The van der Waals surface area contributed by atoms with Crippen molar-refractivity contribution in [3.63, 3.8) is 0 Å². The van der Waals surface area contributed by atoms with E-state index in [1.54, 1.807) is 14.2 Å². The number of nitrogens with two attached hydrogens (primary N) is 1. The van der Waals surface area contributed by atoms with E-state index < -0.39 is 11.5 Å². The van der Waals surface area contributed by atoms with Crippen molar-refractivity contribution < 1.29 is 14.6 Å². The quantitative estimate of drug-likeness (QED) is 0.587. The average Bonchev–Trinajstić information content (AvgIpc) is 2.77. The maximum absolute atomic E-state index is 9.79. The molecule has 0 aliphatic carbocycles. The molecular weight excluding hydrogens is 350 g/mol. The lowest BCUT2D eigenvalue weighted by Gasteiger charge is -2.38. The van der Waals surface area contributed by atoms with Gasteiger partial charge in [0.15, 0.2) is 11.5 Å². The van der Waals surface area contributed by atoms with Crippen LogP contribution < -0.4 is 15.2 Å². The van der Waals surface area contributed by atoms with Crippen molar-refractivity contribution in [1.29, 1.82) is 0 Å². The molecule has 0 amide bonds. The molecule has 4 heteroatoms. The molecule has 0 bridgehead atoms. The van der Waals surface area contributed by atoms with Crippen LogP contribution in [0.2, 0.25) is 0 Å². The smallest absolute Gasteiger partial charge is 0.165 e. The van der Waals surface area contributed by atoms with Crippen LogP contribution in [0.5, 0.6) is 11.5 Å². The fraction of sp³-hybridized carbons (Fsp3) is 0.250. The van der Waals surface area contributed by atoms with E-state index in [-0.39, 0.29) is 6.61 Å². The predicted molar refractivity (Wildman–Crippen MR) is 112 cm³/mol. The van der Waals surface area contributed by atoms with Crippen LogP contribution in [0.25, 0.3) is 0 Å². The van der Waals surface area contributed by atoms with Gasteiger partial charge in [0, 0.05) is 11.6 Å². The van der Waals surface area contributed by atoms with E-state index in [9.17, 15) is 5.11 Å². The average molecular weight is 377 g/mol. The molecule has 0 aliphatic rings.